The molecule has 0 aromatic heterocycles. The van der Waals surface area contributed by atoms with Crippen molar-refractivity contribution in [3.05, 3.63) is 24.3 Å². The predicted molar refractivity (Wildman–Crippen MR) is 163 cm³/mol. The van der Waals surface area contributed by atoms with E-state index in [1.54, 1.807) is 0 Å². The molecule has 0 aliphatic heterocycles. The Hall–Kier alpha value is -1.05. The molecule has 0 spiro atoms. The largest absolute Gasteiger partial charge is 0.481 e. The number of carboxylic acid groups (broad SMARTS) is 1. The normalized spacial score (nSPS) is 21.7. The SMILES string of the molecule is CCCCCCC/C=C\C1C(CCCCCCCC(=O)O)C=CC(CCCCCC)C1CCCCCC. The van der Waals surface area contributed by atoms with E-state index >= 15 is 0 Å². The smallest absolute Gasteiger partial charge is 0.303 e. The maximum absolute atomic E-state index is 10.8. The summed E-state index contributed by atoms with van der Waals surface area (Å²) in [5, 5.41) is 8.86. The molecule has 216 valence electrons. The number of hydrogen-bond acceptors (Lipinski definition) is 1. The van der Waals surface area contributed by atoms with E-state index in [0.29, 0.717) is 18.3 Å². The van der Waals surface area contributed by atoms with Gasteiger partial charge in [0.15, 0.2) is 0 Å². The lowest BCUT2D eigenvalue weighted by Crippen LogP contribution is -2.30. The van der Waals surface area contributed by atoms with Crippen molar-refractivity contribution in [2.75, 3.05) is 0 Å². The number of rotatable bonds is 25. The summed E-state index contributed by atoms with van der Waals surface area (Å²) < 4.78 is 0. The maximum atomic E-state index is 10.8. The number of carbonyl (C=O) groups is 1. The van der Waals surface area contributed by atoms with Crippen molar-refractivity contribution in [1.29, 1.82) is 0 Å². The van der Waals surface area contributed by atoms with E-state index in [1.165, 1.54) is 128 Å². The standard InChI is InChI=1S/C35H64O2/c1-4-7-10-13-14-17-22-27-34-32(25-20-16-15-18-23-28-35(36)37)30-29-31(24-19-11-8-5-2)33(34)26-21-12-9-6-3/h22,27,29-34H,4-21,23-26,28H2,1-3H3,(H,36,37)/b27-22-. The van der Waals surface area contributed by atoms with Crippen molar-refractivity contribution in [1.82, 2.24) is 0 Å². The highest BCUT2D eigenvalue weighted by molar-refractivity contribution is 5.66. The molecule has 0 heterocycles. The van der Waals surface area contributed by atoms with Crippen LogP contribution in [0.3, 0.4) is 0 Å². The fourth-order valence-electron chi connectivity index (χ4n) is 6.37. The monoisotopic (exact) mass is 516 g/mol. The summed E-state index contributed by atoms with van der Waals surface area (Å²) >= 11 is 0. The molecule has 2 nitrogen and oxygen atoms in total. The second-order valence-corrected chi connectivity index (χ2v) is 12.0. The summed E-state index contributed by atoms with van der Waals surface area (Å²) in [5.41, 5.74) is 0. The van der Waals surface area contributed by atoms with Crippen LogP contribution >= 0.6 is 0 Å². The van der Waals surface area contributed by atoms with Gasteiger partial charge in [-0.25, -0.2) is 0 Å². The van der Waals surface area contributed by atoms with Gasteiger partial charge in [0.1, 0.15) is 0 Å². The van der Waals surface area contributed by atoms with Crippen molar-refractivity contribution in [2.45, 2.75) is 168 Å². The summed E-state index contributed by atoms with van der Waals surface area (Å²) in [7, 11) is 0. The van der Waals surface area contributed by atoms with Crippen LogP contribution in [0.4, 0.5) is 0 Å². The first-order valence-corrected chi connectivity index (χ1v) is 16.7. The quantitative estimate of drug-likeness (QED) is 0.0967. The van der Waals surface area contributed by atoms with Gasteiger partial charge < -0.3 is 5.11 Å². The van der Waals surface area contributed by atoms with Crippen LogP contribution in [-0.4, -0.2) is 11.1 Å². The Morgan fingerprint density at radius 2 is 1.11 bits per heavy atom. The van der Waals surface area contributed by atoms with E-state index in [2.05, 4.69) is 45.1 Å². The molecule has 4 atom stereocenters. The summed E-state index contributed by atoms with van der Waals surface area (Å²) in [4.78, 5) is 10.8. The zero-order chi connectivity index (χ0) is 27.0. The highest BCUT2D eigenvalue weighted by Gasteiger charge is 2.33. The molecule has 0 aromatic rings. The summed E-state index contributed by atoms with van der Waals surface area (Å²) in [5.74, 6) is 2.34. The van der Waals surface area contributed by atoms with Crippen LogP contribution < -0.4 is 0 Å². The van der Waals surface area contributed by atoms with E-state index in [1.807, 2.05) is 0 Å². The van der Waals surface area contributed by atoms with Crippen molar-refractivity contribution in [3.8, 4) is 0 Å². The van der Waals surface area contributed by atoms with Crippen LogP contribution in [-0.2, 0) is 4.79 Å². The van der Waals surface area contributed by atoms with Gasteiger partial charge in [-0.1, -0.05) is 148 Å². The van der Waals surface area contributed by atoms with Crippen molar-refractivity contribution < 1.29 is 9.90 Å². The predicted octanol–water partition coefficient (Wildman–Crippen LogP) is 11.7. The molecule has 4 unspecified atom stereocenters. The summed E-state index contributed by atoms with van der Waals surface area (Å²) in [6.45, 7) is 6.94. The summed E-state index contributed by atoms with van der Waals surface area (Å²) in [6.07, 6.45) is 39.6. The van der Waals surface area contributed by atoms with Gasteiger partial charge in [-0.3, -0.25) is 4.79 Å². The van der Waals surface area contributed by atoms with Crippen LogP contribution in [0.2, 0.25) is 0 Å². The minimum absolute atomic E-state index is 0.329. The lowest BCUT2D eigenvalue weighted by atomic mass is 9.66. The number of unbranched alkanes of at least 4 members (excludes halogenated alkanes) is 15. The van der Waals surface area contributed by atoms with Gasteiger partial charge in [0, 0.05) is 6.42 Å². The van der Waals surface area contributed by atoms with Crippen LogP contribution in [0.1, 0.15) is 168 Å². The molecule has 1 aliphatic carbocycles. The van der Waals surface area contributed by atoms with E-state index < -0.39 is 5.97 Å². The average Bonchev–Trinajstić information content (AvgIpc) is 2.89. The van der Waals surface area contributed by atoms with E-state index in [9.17, 15) is 4.79 Å². The van der Waals surface area contributed by atoms with Gasteiger partial charge in [-0.15, -0.1) is 0 Å². The molecule has 2 heteroatoms. The first-order chi connectivity index (χ1) is 18.1. The molecule has 0 aromatic carbocycles. The minimum atomic E-state index is -0.651. The fraction of sp³-hybridized carbons (Fsp3) is 0.857. The van der Waals surface area contributed by atoms with Crippen LogP contribution in [0.5, 0.6) is 0 Å². The third-order valence-corrected chi connectivity index (χ3v) is 8.69. The molecule has 37 heavy (non-hydrogen) atoms. The molecule has 0 amide bonds. The van der Waals surface area contributed by atoms with E-state index in [-0.39, 0.29) is 0 Å². The molecule has 0 radical (unpaired) electrons. The second-order valence-electron chi connectivity index (χ2n) is 12.0. The van der Waals surface area contributed by atoms with E-state index in [0.717, 1.165) is 24.7 Å². The molecular formula is C35H64O2. The van der Waals surface area contributed by atoms with Crippen LogP contribution in [0, 0.1) is 23.7 Å². The van der Waals surface area contributed by atoms with Crippen molar-refractivity contribution in [3.63, 3.8) is 0 Å². The Bertz CT molecular complexity index is 578. The number of aliphatic carboxylic acids is 1. The number of carboxylic acids is 1. The molecule has 0 saturated heterocycles. The van der Waals surface area contributed by atoms with Crippen molar-refractivity contribution in [2.24, 2.45) is 23.7 Å². The topological polar surface area (TPSA) is 37.3 Å². The van der Waals surface area contributed by atoms with Crippen LogP contribution in [0.25, 0.3) is 0 Å². The van der Waals surface area contributed by atoms with Gasteiger partial charge >= 0.3 is 5.97 Å². The molecule has 0 bridgehead atoms. The fourth-order valence-corrected chi connectivity index (χ4v) is 6.37. The van der Waals surface area contributed by atoms with Crippen molar-refractivity contribution >= 4 is 5.97 Å². The highest BCUT2D eigenvalue weighted by Crippen LogP contribution is 2.43. The average molecular weight is 517 g/mol. The van der Waals surface area contributed by atoms with Gasteiger partial charge in [0.05, 0.1) is 0 Å². The minimum Gasteiger partial charge on any atom is -0.481 e. The molecule has 1 aliphatic rings. The Morgan fingerprint density at radius 3 is 1.76 bits per heavy atom. The maximum Gasteiger partial charge on any atom is 0.303 e. The zero-order valence-corrected chi connectivity index (χ0v) is 25.2. The molecule has 1 N–H and O–H groups in total. The molecule has 0 saturated carbocycles. The molecular weight excluding hydrogens is 452 g/mol. The van der Waals surface area contributed by atoms with Gasteiger partial charge in [0.25, 0.3) is 0 Å². The Kier molecular flexibility index (Phi) is 22.1. The Balaban J connectivity index is 2.78. The number of allylic oxidation sites excluding steroid dienone is 4. The third kappa shape index (κ3) is 17.2. The number of hydrogen-bond donors (Lipinski definition) is 1. The molecule has 1 rings (SSSR count). The van der Waals surface area contributed by atoms with Gasteiger partial charge in [-0.05, 0) is 62.2 Å². The lowest BCUT2D eigenvalue weighted by molar-refractivity contribution is -0.137. The molecule has 0 fully saturated rings. The highest BCUT2D eigenvalue weighted by atomic mass is 16.4. The zero-order valence-electron chi connectivity index (χ0n) is 25.2. The summed E-state index contributed by atoms with van der Waals surface area (Å²) in [6, 6.07) is 0. The van der Waals surface area contributed by atoms with E-state index in [4.69, 9.17) is 5.11 Å². The first-order valence-electron chi connectivity index (χ1n) is 16.7. The second kappa shape index (κ2) is 24.0. The Labute approximate surface area is 232 Å². The Morgan fingerprint density at radius 1 is 0.622 bits per heavy atom. The van der Waals surface area contributed by atoms with Gasteiger partial charge in [-0.2, -0.15) is 0 Å². The lowest BCUT2D eigenvalue weighted by Gasteiger charge is -2.39. The van der Waals surface area contributed by atoms with Crippen LogP contribution in [0.15, 0.2) is 24.3 Å². The first kappa shape index (κ1) is 34.0. The van der Waals surface area contributed by atoms with Gasteiger partial charge in [0.2, 0.25) is 0 Å². The third-order valence-electron chi connectivity index (χ3n) is 8.69.